The van der Waals surface area contributed by atoms with Crippen molar-refractivity contribution in [1.29, 1.82) is 0 Å². The van der Waals surface area contributed by atoms with E-state index < -0.39 is 23.6 Å². The van der Waals surface area contributed by atoms with Gasteiger partial charge in [0.05, 0.1) is 34.9 Å². The normalized spacial score (nSPS) is 11.6. The summed E-state index contributed by atoms with van der Waals surface area (Å²) in [7, 11) is 0. The number of pyridine rings is 1. The number of hydrogen-bond donors (Lipinski definition) is 3. The molecule has 0 aliphatic carbocycles. The molecular weight excluding hydrogens is 542 g/mol. The van der Waals surface area contributed by atoms with Crippen LogP contribution >= 0.6 is 0 Å². The molecule has 1 unspecified atom stereocenters. The Hall–Kier alpha value is -5.90. The molecule has 3 N–H and O–H groups in total. The number of carbonyl (C=O) groups excluding carboxylic acids is 3. The van der Waals surface area contributed by atoms with Crippen molar-refractivity contribution in [2.75, 3.05) is 0 Å². The lowest BCUT2D eigenvalue weighted by Gasteiger charge is -2.19. The second kappa shape index (κ2) is 12.3. The number of rotatable bonds is 10. The topological polar surface area (TPSA) is 135 Å². The highest BCUT2D eigenvalue weighted by Gasteiger charge is 2.25. The highest BCUT2D eigenvalue weighted by atomic mass is 16.2. The number of ketones is 1. The standard InChI is InChI=1S/C33H27N7O3/c41-29(33(43)35-21-30-36-26-15-7-8-16-27(26)37-30)20-28(23-12-5-2-6-13-23)38-32(42)24-14-9-18-34-31(24)40-19-17-25(39-40)22-10-3-1-4-11-22/h1-19,28H,20-21H2,(H,35,43)(H,36,37)(H,38,42). The average molecular weight is 570 g/mol. The van der Waals surface area contributed by atoms with E-state index in [2.05, 4.69) is 30.7 Å². The first kappa shape index (κ1) is 27.3. The van der Waals surface area contributed by atoms with Crippen LogP contribution in [0.1, 0.15) is 34.2 Å². The number of amides is 2. The van der Waals surface area contributed by atoms with Crippen LogP contribution in [-0.2, 0) is 16.1 Å². The van der Waals surface area contributed by atoms with E-state index in [0.29, 0.717) is 17.2 Å². The first-order valence-electron chi connectivity index (χ1n) is 13.7. The zero-order chi connectivity index (χ0) is 29.6. The minimum absolute atomic E-state index is 0.0650. The number of Topliss-reactive ketones (excluding diaryl/α,β-unsaturated/α-hetero) is 1. The third-order valence-corrected chi connectivity index (χ3v) is 6.91. The average Bonchev–Trinajstić information content (AvgIpc) is 3.72. The van der Waals surface area contributed by atoms with Gasteiger partial charge in [0, 0.05) is 24.4 Å². The van der Waals surface area contributed by atoms with Gasteiger partial charge < -0.3 is 15.6 Å². The molecular formula is C33H27N7O3. The minimum atomic E-state index is -0.761. The fraction of sp³-hybridized carbons (Fsp3) is 0.0909. The van der Waals surface area contributed by atoms with Crippen LogP contribution < -0.4 is 10.6 Å². The lowest BCUT2D eigenvalue weighted by Crippen LogP contribution is -2.36. The van der Waals surface area contributed by atoms with E-state index in [1.54, 1.807) is 41.3 Å². The van der Waals surface area contributed by atoms with Gasteiger partial charge in [-0.05, 0) is 35.9 Å². The van der Waals surface area contributed by atoms with Gasteiger partial charge in [0.25, 0.3) is 11.8 Å². The minimum Gasteiger partial charge on any atom is -0.345 e. The van der Waals surface area contributed by atoms with E-state index in [1.165, 1.54) is 0 Å². The zero-order valence-electron chi connectivity index (χ0n) is 23.0. The van der Waals surface area contributed by atoms with Crippen molar-refractivity contribution in [1.82, 2.24) is 35.4 Å². The molecule has 0 spiro atoms. The number of aromatic amines is 1. The number of hydrogen-bond acceptors (Lipinski definition) is 6. The smallest absolute Gasteiger partial charge is 0.287 e. The van der Waals surface area contributed by atoms with Crippen molar-refractivity contribution in [3.05, 3.63) is 132 Å². The molecule has 6 rings (SSSR count). The molecule has 0 radical (unpaired) electrons. The van der Waals surface area contributed by atoms with Crippen LogP contribution in [0.3, 0.4) is 0 Å². The van der Waals surface area contributed by atoms with E-state index in [-0.39, 0.29) is 18.5 Å². The first-order valence-corrected chi connectivity index (χ1v) is 13.7. The molecule has 3 aromatic carbocycles. The molecule has 2 amide bonds. The molecule has 0 aliphatic heterocycles. The summed E-state index contributed by atoms with van der Waals surface area (Å²) in [5.74, 6) is -1.01. The third kappa shape index (κ3) is 6.23. The van der Waals surface area contributed by atoms with Gasteiger partial charge in [0.2, 0.25) is 5.78 Å². The summed E-state index contributed by atoms with van der Waals surface area (Å²) in [6.45, 7) is 0.0650. The lowest BCUT2D eigenvalue weighted by atomic mass is 10.0. The molecule has 0 saturated heterocycles. The van der Waals surface area contributed by atoms with Gasteiger partial charge in [-0.15, -0.1) is 0 Å². The second-order valence-electron chi connectivity index (χ2n) is 9.83. The van der Waals surface area contributed by atoms with E-state index in [4.69, 9.17) is 0 Å². The summed E-state index contributed by atoms with van der Waals surface area (Å²) in [5, 5.41) is 10.2. The van der Waals surface area contributed by atoms with Gasteiger partial charge in [0.15, 0.2) is 5.82 Å². The largest absolute Gasteiger partial charge is 0.345 e. The molecule has 0 aliphatic rings. The Bertz CT molecular complexity index is 1860. The number of imidazole rings is 1. The molecule has 1 atom stereocenters. The number of para-hydroxylation sites is 2. The maximum Gasteiger partial charge on any atom is 0.287 e. The number of nitrogens with zero attached hydrogens (tertiary/aromatic N) is 4. The fourth-order valence-electron chi connectivity index (χ4n) is 4.77. The maximum absolute atomic E-state index is 13.6. The van der Waals surface area contributed by atoms with Gasteiger partial charge >= 0.3 is 0 Å². The predicted octanol–water partition coefficient (Wildman–Crippen LogP) is 4.56. The van der Waals surface area contributed by atoms with Gasteiger partial charge in [-0.1, -0.05) is 72.8 Å². The summed E-state index contributed by atoms with van der Waals surface area (Å²) < 4.78 is 1.55. The fourth-order valence-corrected chi connectivity index (χ4v) is 4.77. The van der Waals surface area contributed by atoms with E-state index in [9.17, 15) is 14.4 Å². The Labute approximate surface area is 246 Å². The summed E-state index contributed by atoms with van der Waals surface area (Å²) in [4.78, 5) is 51.4. The van der Waals surface area contributed by atoms with Crippen LogP contribution in [0.5, 0.6) is 0 Å². The van der Waals surface area contributed by atoms with Crippen LogP contribution in [-0.4, -0.2) is 42.3 Å². The van der Waals surface area contributed by atoms with E-state index in [0.717, 1.165) is 22.3 Å². The Morgan fingerprint density at radius 3 is 2.37 bits per heavy atom. The van der Waals surface area contributed by atoms with Gasteiger partial charge in [-0.2, -0.15) is 5.10 Å². The summed E-state index contributed by atoms with van der Waals surface area (Å²) in [5.41, 5.74) is 4.23. The van der Waals surface area contributed by atoms with Crippen molar-refractivity contribution in [2.45, 2.75) is 19.0 Å². The first-order chi connectivity index (χ1) is 21.0. The maximum atomic E-state index is 13.6. The monoisotopic (exact) mass is 569 g/mol. The second-order valence-corrected chi connectivity index (χ2v) is 9.83. The molecule has 0 fully saturated rings. The van der Waals surface area contributed by atoms with Crippen molar-refractivity contribution in [3.8, 4) is 17.1 Å². The van der Waals surface area contributed by atoms with Crippen LogP contribution in [0.25, 0.3) is 28.1 Å². The third-order valence-electron chi connectivity index (χ3n) is 6.91. The van der Waals surface area contributed by atoms with Gasteiger partial charge in [-0.25, -0.2) is 14.6 Å². The van der Waals surface area contributed by atoms with Crippen molar-refractivity contribution in [2.24, 2.45) is 0 Å². The molecule has 10 nitrogen and oxygen atoms in total. The lowest BCUT2D eigenvalue weighted by molar-refractivity contribution is -0.138. The number of benzene rings is 3. The highest BCUT2D eigenvalue weighted by Crippen LogP contribution is 2.22. The van der Waals surface area contributed by atoms with Crippen LogP contribution in [0, 0.1) is 0 Å². The molecule has 43 heavy (non-hydrogen) atoms. The van der Waals surface area contributed by atoms with Crippen LogP contribution in [0.15, 0.2) is 116 Å². The molecule has 3 aromatic heterocycles. The van der Waals surface area contributed by atoms with Crippen molar-refractivity contribution in [3.63, 3.8) is 0 Å². The number of carbonyl (C=O) groups is 3. The molecule has 3 heterocycles. The number of H-pyrrole nitrogens is 1. The molecule has 10 heteroatoms. The quantitative estimate of drug-likeness (QED) is 0.207. The predicted molar refractivity (Wildman–Crippen MR) is 161 cm³/mol. The number of nitrogens with one attached hydrogen (secondary N) is 3. The molecule has 0 saturated carbocycles. The molecule has 212 valence electrons. The number of fused-ring (bicyclic) bond motifs is 1. The Balaban J connectivity index is 1.18. The zero-order valence-corrected chi connectivity index (χ0v) is 23.0. The molecule has 0 bridgehead atoms. The van der Waals surface area contributed by atoms with E-state index >= 15 is 0 Å². The molecule has 6 aromatic rings. The number of aromatic nitrogens is 5. The highest BCUT2D eigenvalue weighted by molar-refractivity contribution is 6.36. The van der Waals surface area contributed by atoms with Crippen molar-refractivity contribution < 1.29 is 14.4 Å². The summed E-state index contributed by atoms with van der Waals surface area (Å²) in [6.07, 6.45) is 3.09. The Morgan fingerprint density at radius 2 is 1.58 bits per heavy atom. The Morgan fingerprint density at radius 1 is 0.837 bits per heavy atom. The van der Waals surface area contributed by atoms with Crippen LogP contribution in [0.4, 0.5) is 0 Å². The van der Waals surface area contributed by atoms with Gasteiger partial charge in [0.1, 0.15) is 5.82 Å². The summed E-state index contributed by atoms with van der Waals surface area (Å²) in [6, 6.07) is 30.6. The van der Waals surface area contributed by atoms with Gasteiger partial charge in [-0.3, -0.25) is 14.4 Å². The Kier molecular flexibility index (Phi) is 7.81. The van der Waals surface area contributed by atoms with E-state index in [1.807, 2.05) is 78.9 Å². The summed E-state index contributed by atoms with van der Waals surface area (Å²) >= 11 is 0. The van der Waals surface area contributed by atoms with Crippen molar-refractivity contribution >= 4 is 28.6 Å². The SMILES string of the molecule is O=C(CC(NC(=O)c1cccnc1-n1ccc(-c2ccccc2)n1)c1ccccc1)C(=O)NCc1nc2ccccc2[nH]1. The van der Waals surface area contributed by atoms with Crippen LogP contribution in [0.2, 0.25) is 0 Å².